The molecule has 4 rings (SSSR count). The van der Waals surface area contributed by atoms with Gasteiger partial charge in [-0.1, -0.05) is 24.3 Å². The molecule has 0 aromatic heterocycles. The monoisotopic (exact) mass is 494 g/mol. The van der Waals surface area contributed by atoms with Gasteiger partial charge in [-0.15, -0.1) is 0 Å². The van der Waals surface area contributed by atoms with Gasteiger partial charge >= 0.3 is 11.0 Å². The molecule has 2 aliphatic heterocycles. The van der Waals surface area contributed by atoms with Crippen molar-refractivity contribution in [3.63, 3.8) is 0 Å². The zero-order valence-corrected chi connectivity index (χ0v) is 16.9. The molecule has 32 heavy (non-hydrogen) atoms. The number of alkyl halides is 6. The van der Waals surface area contributed by atoms with E-state index in [1.165, 1.54) is 48.5 Å². The van der Waals surface area contributed by atoms with Crippen LogP contribution in [-0.4, -0.2) is 43.3 Å². The number of carbonyl (C=O) groups is 4. The zero-order valence-electron chi connectivity index (χ0n) is 15.2. The lowest BCUT2D eigenvalue weighted by Crippen LogP contribution is -2.26. The summed E-state index contributed by atoms with van der Waals surface area (Å²) in [5.74, 6) is -3.71. The Morgan fingerprint density at radius 3 is 0.906 bits per heavy atom. The van der Waals surface area contributed by atoms with Gasteiger partial charge in [-0.2, -0.15) is 26.3 Å². The highest BCUT2D eigenvalue weighted by Crippen LogP contribution is 2.39. The smallest absolute Gasteiger partial charge is 0.268 e. The highest BCUT2D eigenvalue weighted by atomic mass is 32.2. The van der Waals surface area contributed by atoms with Gasteiger partial charge in [0.2, 0.25) is 0 Å². The summed E-state index contributed by atoms with van der Waals surface area (Å²) in [5.41, 5.74) is -9.30. The molecule has 0 bridgehead atoms. The molecule has 168 valence electrons. The van der Waals surface area contributed by atoms with Crippen LogP contribution in [-0.2, 0) is 0 Å². The molecule has 2 aromatic carbocycles. The first kappa shape index (κ1) is 23.7. The third-order valence-electron chi connectivity index (χ3n) is 3.90. The molecule has 6 nitrogen and oxygen atoms in total. The number of nitrogens with zero attached hydrogens (tertiary/aromatic N) is 2. The molecular weight excluding hydrogens is 486 g/mol. The van der Waals surface area contributed by atoms with Crippen LogP contribution in [0.1, 0.15) is 41.4 Å². The summed E-state index contributed by atoms with van der Waals surface area (Å²) in [5, 5.41) is 0. The van der Waals surface area contributed by atoms with Crippen LogP contribution in [0.25, 0.3) is 0 Å². The number of hydrogen-bond donors (Lipinski definition) is 0. The van der Waals surface area contributed by atoms with E-state index in [1.54, 1.807) is 0 Å². The standard InChI is InChI=1S/2C9H4F3NO2S/c2*10-9(11,12)16-13-7(14)5-3-1-2-4-6(5)8(13)15/h2*1-4H. The summed E-state index contributed by atoms with van der Waals surface area (Å²) in [4.78, 5) is 45.9. The largest absolute Gasteiger partial charge is 0.462 e. The van der Waals surface area contributed by atoms with Gasteiger partial charge in [0.1, 0.15) is 0 Å². The fourth-order valence-electron chi connectivity index (χ4n) is 2.71. The second kappa shape index (κ2) is 8.50. The maximum Gasteiger partial charge on any atom is 0.462 e. The van der Waals surface area contributed by atoms with Gasteiger partial charge in [0.25, 0.3) is 23.6 Å². The molecule has 0 atom stereocenters. The Morgan fingerprint density at radius 2 is 0.719 bits per heavy atom. The highest BCUT2D eigenvalue weighted by molar-refractivity contribution is 7.99. The fourth-order valence-corrected chi connectivity index (χ4v) is 3.85. The minimum atomic E-state index is -4.66. The quantitative estimate of drug-likeness (QED) is 0.336. The summed E-state index contributed by atoms with van der Waals surface area (Å²) < 4.78 is 72.8. The van der Waals surface area contributed by atoms with Crippen molar-refractivity contribution in [1.29, 1.82) is 0 Å². The summed E-state index contributed by atoms with van der Waals surface area (Å²) in [6.45, 7) is 0. The molecule has 0 N–H and O–H groups in total. The summed E-state index contributed by atoms with van der Waals surface area (Å²) >= 11 is -1.46. The predicted molar refractivity (Wildman–Crippen MR) is 101 cm³/mol. The predicted octanol–water partition coefficient (Wildman–Crippen LogP) is 4.90. The second-order valence-electron chi connectivity index (χ2n) is 5.97. The molecule has 2 aromatic rings. The van der Waals surface area contributed by atoms with Crippen LogP contribution in [0.3, 0.4) is 0 Å². The first-order chi connectivity index (χ1) is 14.8. The first-order valence-corrected chi connectivity index (χ1v) is 9.82. The number of hydrogen-bond acceptors (Lipinski definition) is 6. The number of carbonyl (C=O) groups excluding carboxylic acids is 4. The fraction of sp³-hybridized carbons (Fsp3) is 0.111. The van der Waals surface area contributed by atoms with E-state index < -0.39 is 58.5 Å². The third-order valence-corrected chi connectivity index (χ3v) is 5.35. The highest BCUT2D eigenvalue weighted by Gasteiger charge is 2.45. The molecule has 0 saturated carbocycles. The van der Waals surface area contributed by atoms with Crippen LogP contribution in [0.2, 0.25) is 0 Å². The van der Waals surface area contributed by atoms with Crippen molar-refractivity contribution in [1.82, 2.24) is 8.61 Å². The SMILES string of the molecule is O=C1c2ccccc2C(=O)N1SC(F)(F)F.O=C1c2ccccc2C(=O)N1SC(F)(F)F. The minimum Gasteiger partial charge on any atom is -0.268 e. The summed E-state index contributed by atoms with van der Waals surface area (Å²) in [6, 6.07) is 11.3. The molecule has 2 aliphatic rings. The van der Waals surface area contributed by atoms with Crippen LogP contribution < -0.4 is 0 Å². The van der Waals surface area contributed by atoms with E-state index in [9.17, 15) is 45.5 Å². The van der Waals surface area contributed by atoms with E-state index in [-0.39, 0.29) is 30.9 Å². The van der Waals surface area contributed by atoms with Gasteiger partial charge < -0.3 is 0 Å². The molecule has 14 heteroatoms. The van der Waals surface area contributed by atoms with E-state index in [1.807, 2.05) is 0 Å². The van der Waals surface area contributed by atoms with Gasteiger partial charge in [0.05, 0.1) is 46.1 Å². The van der Waals surface area contributed by atoms with Gasteiger partial charge in [-0.25, -0.2) is 8.61 Å². The van der Waals surface area contributed by atoms with Gasteiger partial charge in [0.15, 0.2) is 0 Å². The van der Waals surface area contributed by atoms with E-state index >= 15 is 0 Å². The lowest BCUT2D eigenvalue weighted by Gasteiger charge is -2.13. The Balaban J connectivity index is 0.000000181. The van der Waals surface area contributed by atoms with Crippen molar-refractivity contribution < 1.29 is 45.5 Å². The first-order valence-electron chi connectivity index (χ1n) is 8.27. The van der Waals surface area contributed by atoms with E-state index in [0.29, 0.717) is 0 Å². The molecule has 0 saturated heterocycles. The third kappa shape index (κ3) is 4.91. The van der Waals surface area contributed by atoms with E-state index in [4.69, 9.17) is 0 Å². The lowest BCUT2D eigenvalue weighted by molar-refractivity contribution is -0.0362. The average molecular weight is 494 g/mol. The van der Waals surface area contributed by atoms with Crippen molar-refractivity contribution in [3.8, 4) is 0 Å². The Bertz CT molecular complexity index is 962. The summed E-state index contributed by atoms with van der Waals surface area (Å²) in [7, 11) is 0. The molecule has 2 heterocycles. The second-order valence-corrected chi connectivity index (χ2v) is 8.00. The van der Waals surface area contributed by atoms with Gasteiger partial charge in [-0.3, -0.25) is 19.2 Å². The molecule has 0 unspecified atom stereocenters. The van der Waals surface area contributed by atoms with Crippen LogP contribution in [0, 0.1) is 0 Å². The van der Waals surface area contributed by atoms with Gasteiger partial charge in [-0.05, 0) is 24.3 Å². The lowest BCUT2D eigenvalue weighted by atomic mass is 10.1. The number of amides is 4. The molecule has 0 aliphatic carbocycles. The Morgan fingerprint density at radius 1 is 0.500 bits per heavy atom. The van der Waals surface area contributed by atoms with Crippen molar-refractivity contribution >= 4 is 47.5 Å². The molecule has 4 amide bonds. The van der Waals surface area contributed by atoms with Crippen molar-refractivity contribution in [3.05, 3.63) is 70.8 Å². The van der Waals surface area contributed by atoms with Crippen molar-refractivity contribution in [2.24, 2.45) is 0 Å². The van der Waals surface area contributed by atoms with Crippen molar-refractivity contribution in [2.75, 3.05) is 0 Å². The topological polar surface area (TPSA) is 74.8 Å². The van der Waals surface area contributed by atoms with Crippen LogP contribution in [0.4, 0.5) is 26.3 Å². The normalized spacial score (nSPS) is 15.6. The number of fused-ring (bicyclic) bond motifs is 2. The average Bonchev–Trinajstić information content (AvgIpc) is 3.08. The molecule has 0 spiro atoms. The van der Waals surface area contributed by atoms with E-state index in [2.05, 4.69) is 0 Å². The Kier molecular flexibility index (Phi) is 6.29. The number of benzene rings is 2. The number of halogens is 6. The molecule has 0 radical (unpaired) electrons. The maximum absolute atomic E-state index is 12.1. The number of imide groups is 2. The zero-order chi connectivity index (χ0) is 23.8. The number of rotatable bonds is 2. The van der Waals surface area contributed by atoms with Crippen LogP contribution in [0.15, 0.2) is 48.5 Å². The van der Waals surface area contributed by atoms with Crippen molar-refractivity contribution in [2.45, 2.75) is 11.0 Å². The molecular formula is C18H8F6N2O4S2. The Labute approximate surface area is 183 Å². The minimum absolute atomic E-state index is 0.00394. The molecule has 0 fully saturated rings. The Hall–Kier alpha value is -3.00. The van der Waals surface area contributed by atoms with E-state index in [0.717, 1.165) is 0 Å². The summed E-state index contributed by atoms with van der Waals surface area (Å²) in [6.07, 6.45) is 0. The van der Waals surface area contributed by atoms with Crippen LogP contribution >= 0.6 is 23.9 Å². The maximum atomic E-state index is 12.1. The van der Waals surface area contributed by atoms with Gasteiger partial charge in [0, 0.05) is 0 Å². The van der Waals surface area contributed by atoms with Crippen LogP contribution in [0.5, 0.6) is 0 Å².